The molecule has 4 nitrogen and oxygen atoms in total. The van der Waals surface area contributed by atoms with Gasteiger partial charge in [-0.3, -0.25) is 9.80 Å². The van der Waals surface area contributed by atoms with Gasteiger partial charge in [-0.15, -0.1) is 0 Å². The molecule has 0 aromatic rings. The third-order valence-electron chi connectivity index (χ3n) is 17.0. The van der Waals surface area contributed by atoms with Gasteiger partial charge in [0.2, 0.25) is 6.71 Å². The lowest BCUT2D eigenvalue weighted by Crippen LogP contribution is -2.70. The van der Waals surface area contributed by atoms with Crippen molar-refractivity contribution in [1.29, 1.82) is 0 Å². The molecule has 11 aliphatic rings. The van der Waals surface area contributed by atoms with Crippen LogP contribution < -0.4 is 0 Å². The summed E-state index contributed by atoms with van der Waals surface area (Å²) in [4.78, 5) is 9.32. The number of allylic oxidation sites excluding steroid dienone is 11. The monoisotopic (exact) mass is 722 g/mol. The minimum Gasteiger partial charge on any atom is -0.376 e. The Morgan fingerprint density at radius 2 is 1.61 bits per heavy atom. The minimum absolute atomic E-state index is 0.111. The first kappa shape index (κ1) is 34.6. The average Bonchev–Trinajstić information content (AvgIpc) is 3.74. The van der Waals surface area contributed by atoms with Gasteiger partial charge in [-0.05, 0) is 108 Å². The van der Waals surface area contributed by atoms with E-state index in [0.717, 1.165) is 38.5 Å². The minimum atomic E-state index is 0.111. The molecule has 5 heteroatoms. The van der Waals surface area contributed by atoms with Gasteiger partial charge >= 0.3 is 0 Å². The topological polar surface area (TPSA) is 19.0 Å². The quantitative estimate of drug-likeness (QED) is 0.263. The second-order valence-electron chi connectivity index (χ2n) is 19.6. The first-order valence-electron chi connectivity index (χ1n) is 22.7. The largest absolute Gasteiger partial charge is 0.376 e. The van der Waals surface area contributed by atoms with Gasteiger partial charge in [0.25, 0.3) is 0 Å². The van der Waals surface area contributed by atoms with Crippen LogP contribution in [0.25, 0.3) is 0 Å². The van der Waals surface area contributed by atoms with E-state index >= 15 is 0 Å². The highest BCUT2D eigenvalue weighted by molar-refractivity contribution is 6.71. The van der Waals surface area contributed by atoms with Gasteiger partial charge in [-0.2, -0.15) is 0 Å². The van der Waals surface area contributed by atoms with E-state index in [4.69, 9.17) is 4.74 Å². The Morgan fingerprint density at radius 1 is 0.796 bits per heavy atom. The molecule has 8 unspecified atom stereocenters. The van der Waals surface area contributed by atoms with Crippen molar-refractivity contribution in [3.8, 4) is 0 Å². The van der Waals surface area contributed by atoms with Crippen LogP contribution in [-0.2, 0) is 4.74 Å². The van der Waals surface area contributed by atoms with Crippen molar-refractivity contribution < 1.29 is 4.74 Å². The molecule has 8 atom stereocenters. The van der Waals surface area contributed by atoms with Gasteiger partial charge in [0.1, 0.15) is 0 Å². The Kier molecular flexibility index (Phi) is 8.67. The molecule has 0 radical (unpaired) electrons. The van der Waals surface area contributed by atoms with Crippen molar-refractivity contribution in [3.63, 3.8) is 0 Å². The van der Waals surface area contributed by atoms with Gasteiger partial charge in [-0.25, -0.2) is 0 Å². The van der Waals surface area contributed by atoms with Crippen LogP contribution in [0.15, 0.2) is 107 Å². The summed E-state index contributed by atoms with van der Waals surface area (Å²) in [5.41, 5.74) is 8.82. The van der Waals surface area contributed by atoms with E-state index in [1.54, 1.807) is 22.4 Å². The standard InChI is InChI=1S/C49H64BN3O/c1-48(2)49(29-16-7-17-30-49)39-27-18-28-40-46(39)53(48)42-32-38(51(35-21-10-4-11-22-35)36-23-12-5-13-24-36)31-41-45(42)50(40)47-43(52(41)37-25-14-6-15-26-37)33-44(54-47)34-19-8-3-9-20-34/h3-4,6,8,10-11,14,18-19,21,25,27-28,35-36,38,40,42-44,46-47H,5,7,9,12-13,15-17,20,22-24,26,29-33H2,1-2H3. The Bertz CT molecular complexity index is 1790. The molecule has 4 heterocycles. The molecule has 5 fully saturated rings. The van der Waals surface area contributed by atoms with Crippen molar-refractivity contribution in [3.05, 3.63) is 107 Å². The zero-order valence-electron chi connectivity index (χ0n) is 33.3. The fourth-order valence-electron chi connectivity index (χ4n) is 14.9. The fourth-order valence-corrected chi connectivity index (χ4v) is 14.9. The van der Waals surface area contributed by atoms with E-state index in [-0.39, 0.29) is 23.1 Å². The molecule has 0 aromatic carbocycles. The zero-order chi connectivity index (χ0) is 36.0. The summed E-state index contributed by atoms with van der Waals surface area (Å²) in [5, 5.41) is 0. The second kappa shape index (κ2) is 13.5. The molecule has 0 bridgehead atoms. The molecule has 0 N–H and O–H groups in total. The first-order valence-corrected chi connectivity index (χ1v) is 22.7. The van der Waals surface area contributed by atoms with Crippen molar-refractivity contribution in [2.75, 3.05) is 0 Å². The molecule has 54 heavy (non-hydrogen) atoms. The van der Waals surface area contributed by atoms with E-state index in [2.05, 4.69) is 108 Å². The molecule has 1 spiro atoms. The van der Waals surface area contributed by atoms with E-state index in [1.807, 2.05) is 0 Å². The maximum Gasteiger partial charge on any atom is 0.220 e. The van der Waals surface area contributed by atoms with Gasteiger partial charge in [-0.1, -0.05) is 117 Å². The van der Waals surface area contributed by atoms with Gasteiger partial charge < -0.3 is 9.64 Å². The van der Waals surface area contributed by atoms with Crippen LogP contribution in [0.2, 0.25) is 5.82 Å². The van der Waals surface area contributed by atoms with Crippen LogP contribution >= 0.6 is 0 Å². The summed E-state index contributed by atoms with van der Waals surface area (Å²) in [6, 6.07) is 3.32. The Balaban J connectivity index is 1.10. The lowest BCUT2D eigenvalue weighted by atomic mass is 9.26. The van der Waals surface area contributed by atoms with E-state index in [1.165, 1.54) is 82.6 Å². The summed E-state index contributed by atoms with van der Waals surface area (Å²) in [6.07, 6.45) is 55.2. The Labute approximate surface area is 326 Å². The van der Waals surface area contributed by atoms with E-state index < -0.39 is 0 Å². The third-order valence-corrected chi connectivity index (χ3v) is 17.0. The number of fused-ring (bicyclic) bond motifs is 5. The van der Waals surface area contributed by atoms with Crippen molar-refractivity contribution in [2.45, 2.75) is 189 Å². The highest BCUT2D eigenvalue weighted by Crippen LogP contribution is 2.67. The zero-order valence-corrected chi connectivity index (χ0v) is 33.3. The number of nitrogens with zero attached hydrogens (tertiary/aromatic N) is 3. The molecule has 284 valence electrons. The predicted molar refractivity (Wildman–Crippen MR) is 223 cm³/mol. The molecule has 11 rings (SSSR count). The number of hydrogen-bond donors (Lipinski definition) is 0. The summed E-state index contributed by atoms with van der Waals surface area (Å²) < 4.78 is 7.63. The highest BCUT2D eigenvalue weighted by atomic mass is 16.5. The Morgan fingerprint density at radius 3 is 2.37 bits per heavy atom. The van der Waals surface area contributed by atoms with Gasteiger partial charge in [0, 0.05) is 59.0 Å². The summed E-state index contributed by atoms with van der Waals surface area (Å²) in [7, 11) is 0. The maximum absolute atomic E-state index is 7.63. The first-order chi connectivity index (χ1) is 26.5. The molecular weight excluding hydrogens is 657 g/mol. The lowest BCUT2D eigenvalue weighted by molar-refractivity contribution is -0.0185. The molecule has 2 saturated carbocycles. The van der Waals surface area contributed by atoms with Crippen LogP contribution in [0.5, 0.6) is 0 Å². The van der Waals surface area contributed by atoms with Gasteiger partial charge in [0.15, 0.2) is 0 Å². The summed E-state index contributed by atoms with van der Waals surface area (Å²) in [6.45, 7) is 5.86. The molecule has 0 amide bonds. The normalized spacial score (nSPS) is 39.1. The van der Waals surface area contributed by atoms with Crippen molar-refractivity contribution in [2.24, 2.45) is 5.41 Å². The fraction of sp³-hybridized carbons (Fsp3) is 0.633. The molecule has 4 aliphatic heterocycles. The van der Waals surface area contributed by atoms with Crippen LogP contribution in [0.3, 0.4) is 0 Å². The number of rotatable bonds is 5. The SMILES string of the molecule is CC1(C)N2C3CC(N(C4C=CC=CC4)C4CCCCC4)CC4=C3B(C3C=CC=C(C32)C12CCCCC2)C1OC(C2=CC=CCC2)CC1N4C1=CC=CCC1. The van der Waals surface area contributed by atoms with E-state index in [0.29, 0.717) is 48.8 Å². The number of hydrogen-bond acceptors (Lipinski definition) is 4. The van der Waals surface area contributed by atoms with Gasteiger partial charge in [0.05, 0.1) is 18.1 Å². The summed E-state index contributed by atoms with van der Waals surface area (Å²) >= 11 is 0. The van der Waals surface area contributed by atoms with Crippen LogP contribution in [0, 0.1) is 5.41 Å². The third kappa shape index (κ3) is 5.12. The van der Waals surface area contributed by atoms with Crippen LogP contribution in [0.1, 0.15) is 129 Å². The lowest BCUT2D eigenvalue weighted by Gasteiger charge is -2.61. The Hall–Kier alpha value is -2.60. The molecular formula is C49H64BN3O. The molecule has 3 saturated heterocycles. The van der Waals surface area contributed by atoms with Crippen LogP contribution in [-0.4, -0.2) is 75.3 Å². The maximum atomic E-state index is 7.63. The number of ether oxygens (including phenoxy) is 1. The average molecular weight is 722 g/mol. The van der Waals surface area contributed by atoms with Crippen molar-refractivity contribution >= 4 is 6.71 Å². The smallest absolute Gasteiger partial charge is 0.220 e. The predicted octanol–water partition coefficient (Wildman–Crippen LogP) is 10.5. The molecule has 0 aromatic heterocycles. The second-order valence-corrected chi connectivity index (χ2v) is 19.6. The van der Waals surface area contributed by atoms with Crippen molar-refractivity contribution in [1.82, 2.24) is 14.7 Å². The summed E-state index contributed by atoms with van der Waals surface area (Å²) in [5.74, 6) is 0.484. The highest BCUT2D eigenvalue weighted by Gasteiger charge is 2.70. The van der Waals surface area contributed by atoms with E-state index in [9.17, 15) is 0 Å². The van der Waals surface area contributed by atoms with Crippen LogP contribution in [0.4, 0.5) is 0 Å². The molecule has 7 aliphatic carbocycles.